The summed E-state index contributed by atoms with van der Waals surface area (Å²) in [6.45, 7) is 0.200. The molecule has 2 N–H and O–H groups in total. The Balaban J connectivity index is 1.31. The first-order valence-corrected chi connectivity index (χ1v) is 10.6. The van der Waals surface area contributed by atoms with Crippen LogP contribution in [0.1, 0.15) is 42.5 Å². The molecule has 2 aliphatic rings. The first-order chi connectivity index (χ1) is 15.2. The molecule has 1 amide bonds. The van der Waals surface area contributed by atoms with Crippen molar-refractivity contribution in [3.8, 4) is 22.8 Å². The number of anilines is 2. The molecule has 158 valence electrons. The highest BCUT2D eigenvalue weighted by Crippen LogP contribution is 2.34. The van der Waals surface area contributed by atoms with Crippen molar-refractivity contribution in [2.24, 2.45) is 0 Å². The zero-order valence-electron chi connectivity index (χ0n) is 17.1. The average molecular weight is 416 g/mol. The highest BCUT2D eigenvalue weighted by molar-refractivity contribution is 6.05. The number of hydrogen-bond acceptors (Lipinski definition) is 6. The lowest BCUT2D eigenvalue weighted by atomic mass is 9.95. The van der Waals surface area contributed by atoms with Crippen molar-refractivity contribution >= 4 is 17.4 Å². The van der Waals surface area contributed by atoms with E-state index < -0.39 is 0 Å². The van der Waals surface area contributed by atoms with Crippen LogP contribution in [0.3, 0.4) is 0 Å². The molecule has 0 atom stereocenters. The zero-order valence-corrected chi connectivity index (χ0v) is 17.1. The van der Waals surface area contributed by atoms with Crippen LogP contribution in [-0.2, 0) is 0 Å². The fourth-order valence-corrected chi connectivity index (χ4v) is 4.05. The van der Waals surface area contributed by atoms with Crippen LogP contribution in [0, 0.1) is 0 Å². The van der Waals surface area contributed by atoms with Gasteiger partial charge >= 0.3 is 0 Å². The molecular weight excluding hydrogens is 392 g/mol. The van der Waals surface area contributed by atoms with Crippen molar-refractivity contribution in [3.05, 3.63) is 60.4 Å². The highest BCUT2D eigenvalue weighted by atomic mass is 16.7. The minimum absolute atomic E-state index is 0.199. The molecule has 0 saturated heterocycles. The molecule has 7 heteroatoms. The molecule has 0 spiro atoms. The van der Waals surface area contributed by atoms with E-state index in [4.69, 9.17) is 9.47 Å². The maximum Gasteiger partial charge on any atom is 0.255 e. The van der Waals surface area contributed by atoms with Crippen LogP contribution in [0.2, 0.25) is 0 Å². The number of fused-ring (bicyclic) bond motifs is 1. The number of nitrogens with one attached hydrogen (secondary N) is 2. The number of carbonyl (C=O) groups excluding carboxylic acids is 1. The van der Waals surface area contributed by atoms with Crippen molar-refractivity contribution in [3.63, 3.8) is 0 Å². The molecule has 31 heavy (non-hydrogen) atoms. The molecule has 0 bridgehead atoms. The summed E-state index contributed by atoms with van der Waals surface area (Å²) in [6.07, 6.45) is 7.75. The maximum atomic E-state index is 12.8. The molecule has 1 aliphatic heterocycles. The highest BCUT2D eigenvalue weighted by Gasteiger charge is 2.16. The van der Waals surface area contributed by atoms with E-state index in [9.17, 15) is 4.79 Å². The second kappa shape index (κ2) is 8.63. The minimum Gasteiger partial charge on any atom is -0.454 e. The summed E-state index contributed by atoms with van der Waals surface area (Å²) in [5.41, 5.74) is 2.86. The standard InChI is InChI=1S/C24H24N4O3/c29-24(28-19-9-10-21-22(12-19)31-15-30-21)17-6-4-5-16(11-17)20-13-23(26-14-25-20)27-18-7-2-1-3-8-18/h4-6,9-14,18H,1-3,7-8,15H2,(H,28,29)(H,25,26,27). The van der Waals surface area contributed by atoms with Gasteiger partial charge < -0.3 is 20.1 Å². The predicted molar refractivity (Wildman–Crippen MR) is 118 cm³/mol. The zero-order chi connectivity index (χ0) is 21.0. The fourth-order valence-electron chi connectivity index (χ4n) is 4.05. The predicted octanol–water partition coefficient (Wildman–Crippen LogP) is 4.87. The van der Waals surface area contributed by atoms with Crippen LogP contribution in [0.15, 0.2) is 54.9 Å². The Morgan fingerprint density at radius 3 is 2.71 bits per heavy atom. The molecule has 1 fully saturated rings. The second-order valence-electron chi connectivity index (χ2n) is 7.87. The third-order valence-corrected chi connectivity index (χ3v) is 5.68. The molecule has 0 unspecified atom stereocenters. The number of aromatic nitrogens is 2. The van der Waals surface area contributed by atoms with Crippen LogP contribution >= 0.6 is 0 Å². The van der Waals surface area contributed by atoms with Gasteiger partial charge in [-0.1, -0.05) is 31.4 Å². The van der Waals surface area contributed by atoms with Gasteiger partial charge in [0.25, 0.3) is 5.91 Å². The molecular formula is C24H24N4O3. The normalized spacial score (nSPS) is 15.5. The number of benzene rings is 2. The Kier molecular flexibility index (Phi) is 5.39. The topological polar surface area (TPSA) is 85.4 Å². The Hall–Kier alpha value is -3.61. The molecule has 1 aliphatic carbocycles. The second-order valence-corrected chi connectivity index (χ2v) is 7.87. The van der Waals surface area contributed by atoms with Gasteiger partial charge in [0.05, 0.1) is 5.69 Å². The third-order valence-electron chi connectivity index (χ3n) is 5.68. The molecule has 2 heterocycles. The Bertz CT molecular complexity index is 1100. The van der Waals surface area contributed by atoms with E-state index in [1.165, 1.54) is 32.1 Å². The summed E-state index contributed by atoms with van der Waals surface area (Å²) in [5, 5.41) is 6.44. The monoisotopic (exact) mass is 416 g/mol. The lowest BCUT2D eigenvalue weighted by Gasteiger charge is -2.23. The summed E-state index contributed by atoms with van der Waals surface area (Å²) in [7, 11) is 0. The number of rotatable bonds is 5. The SMILES string of the molecule is O=C(Nc1ccc2c(c1)OCO2)c1cccc(-c2cc(NC3CCCCC3)ncn2)c1. The van der Waals surface area contributed by atoms with Crippen LogP contribution in [-0.4, -0.2) is 28.7 Å². The van der Waals surface area contributed by atoms with E-state index in [-0.39, 0.29) is 12.7 Å². The van der Waals surface area contributed by atoms with Crippen molar-refractivity contribution in [2.45, 2.75) is 38.1 Å². The van der Waals surface area contributed by atoms with Gasteiger partial charge in [0.15, 0.2) is 11.5 Å². The van der Waals surface area contributed by atoms with Crippen molar-refractivity contribution < 1.29 is 14.3 Å². The quantitative estimate of drug-likeness (QED) is 0.617. The molecule has 1 saturated carbocycles. The van der Waals surface area contributed by atoms with E-state index in [1.807, 2.05) is 24.3 Å². The molecule has 0 radical (unpaired) electrons. The van der Waals surface area contributed by atoms with Gasteiger partial charge in [-0.25, -0.2) is 9.97 Å². The number of ether oxygens (including phenoxy) is 2. The van der Waals surface area contributed by atoms with Crippen molar-refractivity contribution in [2.75, 3.05) is 17.4 Å². The Morgan fingerprint density at radius 1 is 0.935 bits per heavy atom. The van der Waals surface area contributed by atoms with Gasteiger partial charge in [-0.2, -0.15) is 0 Å². The van der Waals surface area contributed by atoms with Crippen LogP contribution in [0.5, 0.6) is 11.5 Å². The van der Waals surface area contributed by atoms with Gasteiger partial charge in [0.2, 0.25) is 6.79 Å². The molecule has 7 nitrogen and oxygen atoms in total. The molecule has 5 rings (SSSR count). The summed E-state index contributed by atoms with van der Waals surface area (Å²) in [5.74, 6) is 1.94. The van der Waals surface area contributed by atoms with E-state index >= 15 is 0 Å². The number of amides is 1. The number of carbonyl (C=O) groups is 1. The lowest BCUT2D eigenvalue weighted by molar-refractivity contribution is 0.102. The Morgan fingerprint density at radius 2 is 1.81 bits per heavy atom. The van der Waals surface area contributed by atoms with Crippen LogP contribution < -0.4 is 20.1 Å². The summed E-state index contributed by atoms with van der Waals surface area (Å²) in [4.78, 5) is 21.6. The number of hydrogen-bond donors (Lipinski definition) is 2. The lowest BCUT2D eigenvalue weighted by Crippen LogP contribution is -2.22. The fraction of sp³-hybridized carbons (Fsp3) is 0.292. The Labute approximate surface area is 180 Å². The first kappa shape index (κ1) is 19.4. The average Bonchev–Trinajstić information content (AvgIpc) is 3.28. The summed E-state index contributed by atoms with van der Waals surface area (Å²) >= 11 is 0. The first-order valence-electron chi connectivity index (χ1n) is 10.6. The molecule has 1 aromatic heterocycles. The van der Waals surface area contributed by atoms with Gasteiger partial charge in [-0.05, 0) is 37.1 Å². The molecule has 3 aromatic rings. The van der Waals surface area contributed by atoms with Gasteiger partial charge in [-0.3, -0.25) is 4.79 Å². The maximum absolute atomic E-state index is 12.8. The van der Waals surface area contributed by atoms with Gasteiger partial charge in [0.1, 0.15) is 12.1 Å². The van der Waals surface area contributed by atoms with Crippen LogP contribution in [0.4, 0.5) is 11.5 Å². The third kappa shape index (κ3) is 4.45. The van der Waals surface area contributed by atoms with E-state index in [0.29, 0.717) is 28.8 Å². The largest absolute Gasteiger partial charge is 0.454 e. The van der Waals surface area contributed by atoms with Gasteiger partial charge in [0, 0.05) is 35.0 Å². The summed E-state index contributed by atoms with van der Waals surface area (Å²) < 4.78 is 10.7. The van der Waals surface area contributed by atoms with E-state index in [1.54, 1.807) is 30.6 Å². The molecule has 2 aromatic carbocycles. The smallest absolute Gasteiger partial charge is 0.255 e. The minimum atomic E-state index is -0.199. The van der Waals surface area contributed by atoms with Crippen molar-refractivity contribution in [1.82, 2.24) is 9.97 Å². The van der Waals surface area contributed by atoms with Gasteiger partial charge in [-0.15, -0.1) is 0 Å². The van der Waals surface area contributed by atoms with Crippen LogP contribution in [0.25, 0.3) is 11.3 Å². The summed E-state index contributed by atoms with van der Waals surface area (Å²) in [6, 6.07) is 15.2. The van der Waals surface area contributed by atoms with E-state index in [0.717, 1.165) is 17.1 Å². The number of nitrogens with zero attached hydrogens (tertiary/aromatic N) is 2. The van der Waals surface area contributed by atoms with E-state index in [2.05, 4.69) is 20.6 Å². The van der Waals surface area contributed by atoms with Crippen molar-refractivity contribution in [1.29, 1.82) is 0 Å².